The van der Waals surface area contributed by atoms with Gasteiger partial charge < -0.3 is 14.8 Å². The minimum Gasteiger partial charge on any atom is -0.383 e. The molecule has 0 aromatic carbocycles. The fourth-order valence-corrected chi connectivity index (χ4v) is 3.89. The second-order valence-corrected chi connectivity index (χ2v) is 5.90. The standard InChI is InChI=1S/C15H29NO2/c1-4-12(11-17-3)16-13-10-14(18-5-2)15(13)8-6-7-9-15/h12-14,16H,4-11H2,1-3H3. The van der Waals surface area contributed by atoms with Crippen LogP contribution in [0.15, 0.2) is 0 Å². The topological polar surface area (TPSA) is 30.5 Å². The summed E-state index contributed by atoms with van der Waals surface area (Å²) in [6.07, 6.45) is 8.28. The van der Waals surface area contributed by atoms with Gasteiger partial charge in [0.25, 0.3) is 0 Å². The third kappa shape index (κ3) is 2.59. The second kappa shape index (κ2) is 6.36. The molecule has 0 saturated heterocycles. The summed E-state index contributed by atoms with van der Waals surface area (Å²) in [5.74, 6) is 0. The molecule has 0 radical (unpaired) electrons. The lowest BCUT2D eigenvalue weighted by Gasteiger charge is -2.55. The first-order valence-electron chi connectivity index (χ1n) is 7.63. The molecule has 106 valence electrons. The average molecular weight is 255 g/mol. The van der Waals surface area contributed by atoms with Crippen LogP contribution in [-0.2, 0) is 9.47 Å². The molecular weight excluding hydrogens is 226 g/mol. The van der Waals surface area contributed by atoms with Crippen molar-refractivity contribution in [3.8, 4) is 0 Å². The Labute approximate surface area is 112 Å². The summed E-state index contributed by atoms with van der Waals surface area (Å²) in [6, 6.07) is 1.15. The molecule has 2 rings (SSSR count). The van der Waals surface area contributed by atoms with Crippen LogP contribution in [0.2, 0.25) is 0 Å². The quantitative estimate of drug-likeness (QED) is 0.759. The lowest BCUT2D eigenvalue weighted by molar-refractivity contribution is -0.133. The van der Waals surface area contributed by atoms with Crippen LogP contribution in [0, 0.1) is 5.41 Å². The summed E-state index contributed by atoms with van der Waals surface area (Å²) in [5.41, 5.74) is 0.442. The molecule has 0 heterocycles. The van der Waals surface area contributed by atoms with Gasteiger partial charge in [-0.05, 0) is 32.6 Å². The third-order valence-electron chi connectivity index (χ3n) is 4.98. The normalized spacial score (nSPS) is 31.5. The van der Waals surface area contributed by atoms with Gasteiger partial charge in [0, 0.05) is 31.2 Å². The maximum Gasteiger partial charge on any atom is 0.0661 e. The summed E-state index contributed by atoms with van der Waals surface area (Å²) in [6.45, 7) is 6.02. The predicted molar refractivity (Wildman–Crippen MR) is 73.8 cm³/mol. The van der Waals surface area contributed by atoms with Gasteiger partial charge in [0.2, 0.25) is 0 Å². The Morgan fingerprint density at radius 3 is 2.56 bits per heavy atom. The van der Waals surface area contributed by atoms with Crippen molar-refractivity contribution in [1.82, 2.24) is 5.32 Å². The molecule has 2 saturated carbocycles. The molecule has 3 nitrogen and oxygen atoms in total. The molecule has 2 aliphatic rings. The number of methoxy groups -OCH3 is 1. The lowest BCUT2D eigenvalue weighted by atomic mass is 9.60. The molecule has 1 spiro atoms. The van der Waals surface area contributed by atoms with Gasteiger partial charge in [-0.25, -0.2) is 0 Å². The van der Waals surface area contributed by atoms with Gasteiger partial charge in [-0.15, -0.1) is 0 Å². The van der Waals surface area contributed by atoms with Gasteiger partial charge in [0.05, 0.1) is 12.7 Å². The molecule has 3 atom stereocenters. The van der Waals surface area contributed by atoms with Crippen molar-refractivity contribution in [2.45, 2.75) is 70.6 Å². The Morgan fingerprint density at radius 2 is 2.00 bits per heavy atom. The molecule has 0 bridgehead atoms. The van der Waals surface area contributed by atoms with Crippen LogP contribution in [0.3, 0.4) is 0 Å². The molecule has 3 unspecified atom stereocenters. The third-order valence-corrected chi connectivity index (χ3v) is 4.98. The van der Waals surface area contributed by atoms with E-state index in [0.29, 0.717) is 23.6 Å². The van der Waals surface area contributed by atoms with Gasteiger partial charge >= 0.3 is 0 Å². The Balaban J connectivity index is 1.93. The van der Waals surface area contributed by atoms with E-state index in [-0.39, 0.29) is 0 Å². The van der Waals surface area contributed by atoms with Crippen LogP contribution in [0.25, 0.3) is 0 Å². The van der Waals surface area contributed by atoms with E-state index < -0.39 is 0 Å². The highest BCUT2D eigenvalue weighted by Gasteiger charge is 2.56. The fourth-order valence-electron chi connectivity index (χ4n) is 3.89. The van der Waals surface area contributed by atoms with E-state index in [1.54, 1.807) is 7.11 Å². The van der Waals surface area contributed by atoms with Crippen molar-refractivity contribution < 1.29 is 9.47 Å². The summed E-state index contributed by atoms with van der Waals surface area (Å²) in [4.78, 5) is 0. The molecule has 18 heavy (non-hydrogen) atoms. The maximum atomic E-state index is 5.95. The Bertz CT molecular complexity index is 251. The molecular formula is C15H29NO2. The van der Waals surface area contributed by atoms with E-state index in [1.165, 1.54) is 32.1 Å². The first kappa shape index (κ1) is 14.3. The minimum absolute atomic E-state index is 0.442. The van der Waals surface area contributed by atoms with E-state index in [0.717, 1.165) is 19.6 Å². The highest BCUT2D eigenvalue weighted by Crippen LogP contribution is 2.54. The molecule has 2 aliphatic carbocycles. The van der Waals surface area contributed by atoms with Gasteiger partial charge in [0.1, 0.15) is 0 Å². The summed E-state index contributed by atoms with van der Waals surface area (Å²) in [7, 11) is 1.79. The predicted octanol–water partition coefficient (Wildman–Crippen LogP) is 2.74. The van der Waals surface area contributed by atoms with E-state index in [9.17, 15) is 0 Å². The van der Waals surface area contributed by atoms with Crippen molar-refractivity contribution in [3.63, 3.8) is 0 Å². The maximum absolute atomic E-state index is 5.95. The monoisotopic (exact) mass is 255 g/mol. The largest absolute Gasteiger partial charge is 0.383 e. The highest BCUT2D eigenvalue weighted by atomic mass is 16.5. The van der Waals surface area contributed by atoms with E-state index in [4.69, 9.17) is 9.47 Å². The molecule has 0 aliphatic heterocycles. The van der Waals surface area contributed by atoms with Crippen molar-refractivity contribution in [3.05, 3.63) is 0 Å². The Hall–Kier alpha value is -0.120. The van der Waals surface area contributed by atoms with Crippen molar-refractivity contribution in [1.29, 1.82) is 0 Å². The van der Waals surface area contributed by atoms with Gasteiger partial charge in [-0.1, -0.05) is 19.8 Å². The van der Waals surface area contributed by atoms with Crippen LogP contribution < -0.4 is 5.32 Å². The van der Waals surface area contributed by atoms with Gasteiger partial charge in [-0.2, -0.15) is 0 Å². The van der Waals surface area contributed by atoms with E-state index >= 15 is 0 Å². The van der Waals surface area contributed by atoms with Crippen molar-refractivity contribution in [2.24, 2.45) is 5.41 Å². The molecule has 0 aromatic heterocycles. The summed E-state index contributed by atoms with van der Waals surface area (Å²) < 4.78 is 11.2. The fraction of sp³-hybridized carbons (Fsp3) is 1.00. The zero-order valence-corrected chi connectivity index (χ0v) is 12.2. The number of hydrogen-bond donors (Lipinski definition) is 1. The van der Waals surface area contributed by atoms with Crippen LogP contribution >= 0.6 is 0 Å². The van der Waals surface area contributed by atoms with Crippen LogP contribution in [0.1, 0.15) is 52.4 Å². The minimum atomic E-state index is 0.442. The second-order valence-electron chi connectivity index (χ2n) is 5.90. The molecule has 3 heteroatoms. The molecule has 1 N–H and O–H groups in total. The smallest absolute Gasteiger partial charge is 0.0661 e. The first-order chi connectivity index (χ1) is 8.76. The number of rotatable bonds is 7. The zero-order chi connectivity index (χ0) is 13.0. The van der Waals surface area contributed by atoms with Crippen LogP contribution in [-0.4, -0.2) is 38.5 Å². The van der Waals surface area contributed by atoms with Crippen LogP contribution in [0.5, 0.6) is 0 Å². The Morgan fingerprint density at radius 1 is 1.28 bits per heavy atom. The van der Waals surface area contributed by atoms with Crippen molar-refractivity contribution in [2.75, 3.05) is 20.3 Å². The average Bonchev–Trinajstić information content (AvgIpc) is 2.88. The summed E-state index contributed by atoms with van der Waals surface area (Å²) >= 11 is 0. The van der Waals surface area contributed by atoms with Crippen molar-refractivity contribution >= 4 is 0 Å². The number of hydrogen-bond acceptors (Lipinski definition) is 3. The van der Waals surface area contributed by atoms with E-state index in [1.807, 2.05) is 0 Å². The van der Waals surface area contributed by atoms with Gasteiger partial charge in [0.15, 0.2) is 0 Å². The highest BCUT2D eigenvalue weighted by molar-refractivity contribution is 5.10. The molecule has 0 amide bonds. The lowest BCUT2D eigenvalue weighted by Crippen LogP contribution is -2.64. The molecule has 2 fully saturated rings. The number of nitrogens with one attached hydrogen (secondary N) is 1. The number of ether oxygens (including phenoxy) is 2. The SMILES string of the molecule is CCOC1CC(NC(CC)COC)C12CCCC2. The van der Waals surface area contributed by atoms with Gasteiger partial charge in [-0.3, -0.25) is 0 Å². The zero-order valence-electron chi connectivity index (χ0n) is 12.2. The van der Waals surface area contributed by atoms with E-state index in [2.05, 4.69) is 19.2 Å². The first-order valence-corrected chi connectivity index (χ1v) is 7.63. The molecule has 0 aromatic rings. The Kier molecular flexibility index (Phi) is 5.05. The van der Waals surface area contributed by atoms with Crippen LogP contribution in [0.4, 0.5) is 0 Å². The summed E-state index contributed by atoms with van der Waals surface area (Å²) in [5, 5.41) is 3.82.